The van der Waals surface area contributed by atoms with Crippen LogP contribution in [0.2, 0.25) is 0 Å². The van der Waals surface area contributed by atoms with Gasteiger partial charge in [-0.2, -0.15) is 4.98 Å². The number of nitrogens with zero attached hydrogens (tertiary/aromatic N) is 2. The molecule has 0 aliphatic carbocycles. The summed E-state index contributed by atoms with van der Waals surface area (Å²) in [6.07, 6.45) is 0. The van der Waals surface area contributed by atoms with Crippen molar-refractivity contribution in [3.8, 4) is 34.3 Å². The minimum Gasteiger partial charge on any atom is -0.497 e. The number of amides is 1. The van der Waals surface area contributed by atoms with Gasteiger partial charge in [0, 0.05) is 22.9 Å². The molecule has 4 aromatic rings. The lowest BCUT2D eigenvalue weighted by Gasteiger charge is -2.08. The molecule has 0 aliphatic heterocycles. The number of ether oxygens (including phenoxy) is 2. The molecule has 3 aromatic carbocycles. The molecule has 0 saturated carbocycles. The predicted octanol–water partition coefficient (Wildman–Crippen LogP) is 4.74. The number of aromatic nitrogens is 2. The molecule has 0 radical (unpaired) electrons. The number of aryl methyl sites for hydroxylation is 1. The molecular weight excluding hydrogens is 394 g/mol. The molecular formula is C24H21N3O4. The van der Waals surface area contributed by atoms with Crippen LogP contribution in [0.5, 0.6) is 11.5 Å². The van der Waals surface area contributed by atoms with E-state index in [9.17, 15) is 4.79 Å². The van der Waals surface area contributed by atoms with E-state index in [2.05, 4.69) is 15.5 Å². The van der Waals surface area contributed by atoms with Crippen LogP contribution in [0, 0.1) is 6.92 Å². The van der Waals surface area contributed by atoms with Crippen molar-refractivity contribution >= 4 is 11.6 Å². The average molecular weight is 415 g/mol. The van der Waals surface area contributed by atoms with Crippen LogP contribution in [0.1, 0.15) is 5.56 Å². The van der Waals surface area contributed by atoms with Gasteiger partial charge in [-0.05, 0) is 43.3 Å². The normalized spacial score (nSPS) is 10.5. The van der Waals surface area contributed by atoms with Crippen molar-refractivity contribution in [2.45, 2.75) is 6.92 Å². The van der Waals surface area contributed by atoms with E-state index in [1.54, 1.807) is 43.5 Å². The summed E-state index contributed by atoms with van der Waals surface area (Å²) in [4.78, 5) is 16.6. The molecule has 7 nitrogen and oxygen atoms in total. The van der Waals surface area contributed by atoms with Crippen LogP contribution in [0.4, 0.5) is 5.69 Å². The quantitative estimate of drug-likeness (QED) is 0.469. The van der Waals surface area contributed by atoms with Crippen LogP contribution < -0.4 is 14.8 Å². The van der Waals surface area contributed by atoms with Crippen LogP contribution in [-0.2, 0) is 4.79 Å². The number of methoxy groups -OCH3 is 1. The zero-order valence-electron chi connectivity index (χ0n) is 17.2. The molecule has 0 fully saturated rings. The maximum Gasteiger partial charge on any atom is 0.262 e. The summed E-state index contributed by atoms with van der Waals surface area (Å²) in [7, 11) is 1.57. The van der Waals surface area contributed by atoms with Crippen LogP contribution in [0.15, 0.2) is 77.3 Å². The number of benzene rings is 3. The van der Waals surface area contributed by atoms with E-state index >= 15 is 0 Å². The fraction of sp³-hybridized carbons (Fsp3) is 0.125. The first kappa shape index (κ1) is 20.2. The second-order valence-corrected chi connectivity index (χ2v) is 6.88. The van der Waals surface area contributed by atoms with Gasteiger partial charge in [0.1, 0.15) is 11.5 Å². The maximum absolute atomic E-state index is 12.1. The largest absolute Gasteiger partial charge is 0.497 e. The summed E-state index contributed by atoms with van der Waals surface area (Å²) in [6.45, 7) is 1.91. The lowest BCUT2D eigenvalue weighted by molar-refractivity contribution is -0.118. The van der Waals surface area contributed by atoms with Crippen molar-refractivity contribution < 1.29 is 18.8 Å². The van der Waals surface area contributed by atoms with Gasteiger partial charge in [0.2, 0.25) is 5.82 Å². The Bertz CT molecular complexity index is 1170. The molecule has 0 bridgehead atoms. The van der Waals surface area contributed by atoms with Gasteiger partial charge in [0.05, 0.1) is 7.11 Å². The Kier molecular flexibility index (Phi) is 5.93. The van der Waals surface area contributed by atoms with E-state index in [0.29, 0.717) is 28.9 Å². The SMILES string of the molecule is COc1cccc(NC(=O)COc2ccc(-c3nc(-c4ccc(C)cc4)no3)cc2)c1. The number of anilines is 1. The first-order valence-corrected chi connectivity index (χ1v) is 9.68. The third-order valence-electron chi connectivity index (χ3n) is 4.56. The standard InChI is InChI=1S/C24H21N3O4/c1-16-6-8-17(9-7-16)23-26-24(31-27-23)18-10-12-20(13-11-18)30-15-22(28)25-19-4-3-5-21(14-19)29-2/h3-14H,15H2,1-2H3,(H,25,28). The highest BCUT2D eigenvalue weighted by atomic mass is 16.5. The Morgan fingerprint density at radius 1 is 0.968 bits per heavy atom. The molecule has 0 unspecified atom stereocenters. The van der Waals surface area contributed by atoms with Gasteiger partial charge < -0.3 is 19.3 Å². The fourth-order valence-corrected chi connectivity index (χ4v) is 2.90. The van der Waals surface area contributed by atoms with Gasteiger partial charge in [-0.25, -0.2) is 0 Å². The topological polar surface area (TPSA) is 86.5 Å². The molecule has 1 amide bonds. The highest BCUT2D eigenvalue weighted by Gasteiger charge is 2.11. The number of carbonyl (C=O) groups excluding carboxylic acids is 1. The van der Waals surface area contributed by atoms with Crippen LogP contribution in [-0.4, -0.2) is 29.8 Å². The summed E-state index contributed by atoms with van der Waals surface area (Å²) >= 11 is 0. The van der Waals surface area contributed by atoms with Crippen molar-refractivity contribution in [3.05, 3.63) is 78.4 Å². The minimum absolute atomic E-state index is 0.116. The Morgan fingerprint density at radius 2 is 1.71 bits per heavy atom. The first-order valence-electron chi connectivity index (χ1n) is 9.68. The lowest BCUT2D eigenvalue weighted by atomic mass is 10.1. The van der Waals surface area contributed by atoms with E-state index in [1.807, 2.05) is 43.3 Å². The fourth-order valence-electron chi connectivity index (χ4n) is 2.90. The molecule has 1 heterocycles. The summed E-state index contributed by atoms with van der Waals surface area (Å²) in [5.41, 5.74) is 3.46. The van der Waals surface area contributed by atoms with Crippen LogP contribution >= 0.6 is 0 Å². The Morgan fingerprint density at radius 3 is 2.45 bits per heavy atom. The Hall–Kier alpha value is -4.13. The second kappa shape index (κ2) is 9.13. The van der Waals surface area contributed by atoms with Crippen molar-refractivity contribution in [1.82, 2.24) is 10.1 Å². The molecule has 7 heteroatoms. The molecule has 1 aromatic heterocycles. The molecule has 0 atom stereocenters. The maximum atomic E-state index is 12.1. The molecule has 4 rings (SSSR count). The first-order chi connectivity index (χ1) is 15.1. The van der Waals surface area contributed by atoms with Crippen molar-refractivity contribution in [2.75, 3.05) is 19.0 Å². The molecule has 156 valence electrons. The number of rotatable bonds is 7. The summed E-state index contributed by atoms with van der Waals surface area (Å²) in [5.74, 6) is 1.91. The predicted molar refractivity (Wildman–Crippen MR) is 117 cm³/mol. The molecule has 0 spiro atoms. The van der Waals surface area contributed by atoms with Gasteiger partial charge in [0.15, 0.2) is 6.61 Å². The Balaban J connectivity index is 1.35. The number of nitrogens with one attached hydrogen (secondary N) is 1. The lowest BCUT2D eigenvalue weighted by Crippen LogP contribution is -2.20. The van der Waals surface area contributed by atoms with E-state index in [4.69, 9.17) is 14.0 Å². The van der Waals surface area contributed by atoms with Gasteiger partial charge in [0.25, 0.3) is 11.8 Å². The number of hydrogen-bond donors (Lipinski definition) is 1. The molecule has 1 N–H and O–H groups in total. The molecule has 31 heavy (non-hydrogen) atoms. The molecule has 0 saturated heterocycles. The zero-order valence-corrected chi connectivity index (χ0v) is 17.2. The summed E-state index contributed by atoms with van der Waals surface area (Å²) in [5, 5.41) is 6.82. The average Bonchev–Trinajstić information content (AvgIpc) is 3.29. The van der Waals surface area contributed by atoms with Gasteiger partial charge >= 0.3 is 0 Å². The monoisotopic (exact) mass is 415 g/mol. The van der Waals surface area contributed by atoms with E-state index in [1.165, 1.54) is 5.56 Å². The third kappa shape index (κ3) is 5.08. The zero-order chi connectivity index (χ0) is 21.6. The van der Waals surface area contributed by atoms with E-state index in [-0.39, 0.29) is 12.5 Å². The number of hydrogen-bond acceptors (Lipinski definition) is 6. The van der Waals surface area contributed by atoms with E-state index < -0.39 is 0 Å². The second-order valence-electron chi connectivity index (χ2n) is 6.88. The van der Waals surface area contributed by atoms with E-state index in [0.717, 1.165) is 11.1 Å². The van der Waals surface area contributed by atoms with Crippen LogP contribution in [0.3, 0.4) is 0 Å². The van der Waals surface area contributed by atoms with Gasteiger partial charge in [-0.15, -0.1) is 0 Å². The highest BCUT2D eigenvalue weighted by molar-refractivity contribution is 5.92. The van der Waals surface area contributed by atoms with Gasteiger partial charge in [-0.3, -0.25) is 4.79 Å². The third-order valence-corrected chi connectivity index (χ3v) is 4.56. The summed E-state index contributed by atoms with van der Waals surface area (Å²) in [6, 6.07) is 22.2. The summed E-state index contributed by atoms with van der Waals surface area (Å²) < 4.78 is 16.1. The Labute approximate surface area is 179 Å². The van der Waals surface area contributed by atoms with Gasteiger partial charge in [-0.1, -0.05) is 41.1 Å². The molecule has 0 aliphatic rings. The van der Waals surface area contributed by atoms with Crippen molar-refractivity contribution in [1.29, 1.82) is 0 Å². The van der Waals surface area contributed by atoms with Crippen LogP contribution in [0.25, 0.3) is 22.8 Å². The van der Waals surface area contributed by atoms with Crippen molar-refractivity contribution in [2.24, 2.45) is 0 Å². The smallest absolute Gasteiger partial charge is 0.262 e. The minimum atomic E-state index is -0.267. The highest BCUT2D eigenvalue weighted by Crippen LogP contribution is 2.24. The van der Waals surface area contributed by atoms with Crippen molar-refractivity contribution in [3.63, 3.8) is 0 Å². The number of carbonyl (C=O) groups is 1.